The Kier molecular flexibility index (Phi) is 3.88. The Labute approximate surface area is 120 Å². The van der Waals surface area contributed by atoms with E-state index >= 15 is 0 Å². The smallest absolute Gasteiger partial charge is 0.282 e. The quantitative estimate of drug-likeness (QED) is 0.661. The van der Waals surface area contributed by atoms with Crippen LogP contribution in [0.25, 0.3) is 0 Å². The first-order valence-corrected chi connectivity index (χ1v) is 6.20. The number of carbonyl (C=O) groups excluding carboxylic acids is 1. The molecular weight excluding hydrogens is 274 g/mol. The molecule has 0 atom stereocenters. The van der Waals surface area contributed by atoms with Crippen LogP contribution < -0.4 is 10.6 Å². The summed E-state index contributed by atoms with van der Waals surface area (Å²) in [5.74, 6) is -0.546. The fourth-order valence-electron chi connectivity index (χ4n) is 1.94. The van der Waals surface area contributed by atoms with Crippen LogP contribution in [0.2, 0.25) is 0 Å². The van der Waals surface area contributed by atoms with E-state index in [1.54, 1.807) is 38.0 Å². The Morgan fingerprint density at radius 1 is 1.43 bits per heavy atom. The van der Waals surface area contributed by atoms with Gasteiger partial charge in [0.15, 0.2) is 0 Å². The van der Waals surface area contributed by atoms with Crippen molar-refractivity contribution < 1.29 is 9.72 Å². The average Bonchev–Trinajstić information content (AvgIpc) is 2.75. The highest BCUT2D eigenvalue weighted by molar-refractivity contribution is 6.07. The third-order valence-corrected chi connectivity index (χ3v) is 2.99. The molecule has 0 bridgehead atoms. The zero-order valence-corrected chi connectivity index (χ0v) is 11.9. The molecule has 0 spiro atoms. The topological polar surface area (TPSA) is 102 Å². The van der Waals surface area contributed by atoms with Crippen LogP contribution in [0.5, 0.6) is 0 Å². The highest BCUT2D eigenvalue weighted by Gasteiger charge is 2.21. The third-order valence-electron chi connectivity index (χ3n) is 2.99. The van der Waals surface area contributed by atoms with Crippen molar-refractivity contribution in [3.05, 3.63) is 45.8 Å². The maximum atomic E-state index is 12.3. The number of nitro benzene ring substituents is 1. The van der Waals surface area contributed by atoms with Crippen LogP contribution in [0.4, 0.5) is 17.1 Å². The normalized spacial score (nSPS) is 10.2. The average molecular weight is 289 g/mol. The van der Waals surface area contributed by atoms with Gasteiger partial charge in [0, 0.05) is 32.0 Å². The lowest BCUT2D eigenvalue weighted by Crippen LogP contribution is -2.14. The summed E-state index contributed by atoms with van der Waals surface area (Å²) in [5, 5.41) is 20.6. The molecule has 8 nitrogen and oxygen atoms in total. The van der Waals surface area contributed by atoms with Gasteiger partial charge in [-0.25, -0.2) is 0 Å². The van der Waals surface area contributed by atoms with E-state index in [0.29, 0.717) is 17.1 Å². The van der Waals surface area contributed by atoms with E-state index in [4.69, 9.17) is 0 Å². The minimum absolute atomic E-state index is 0.00453. The monoisotopic (exact) mass is 289 g/mol. The predicted octanol–water partition coefficient (Wildman–Crippen LogP) is 1.93. The van der Waals surface area contributed by atoms with Gasteiger partial charge in [-0.1, -0.05) is 0 Å². The molecule has 0 aliphatic rings. The fourth-order valence-corrected chi connectivity index (χ4v) is 1.94. The minimum atomic E-state index is -0.579. The summed E-state index contributed by atoms with van der Waals surface area (Å²) in [6, 6.07) is 4.29. The molecule has 0 fully saturated rings. The maximum absolute atomic E-state index is 12.3. The van der Waals surface area contributed by atoms with Crippen molar-refractivity contribution in [2.24, 2.45) is 7.05 Å². The molecule has 0 unspecified atom stereocenters. The molecule has 1 amide bonds. The molecule has 110 valence electrons. The second-order valence-electron chi connectivity index (χ2n) is 4.50. The van der Waals surface area contributed by atoms with Gasteiger partial charge in [-0.2, -0.15) is 5.10 Å². The number of amides is 1. The summed E-state index contributed by atoms with van der Waals surface area (Å²) in [5.41, 5.74) is 1.53. The number of anilines is 2. The predicted molar refractivity (Wildman–Crippen MR) is 78.5 cm³/mol. The van der Waals surface area contributed by atoms with Crippen LogP contribution in [0.15, 0.2) is 24.4 Å². The SMILES string of the molecule is CNc1ccc([N+](=O)[O-])c(C(=O)Nc2cn(C)nc2C)c1. The van der Waals surface area contributed by atoms with E-state index in [-0.39, 0.29) is 11.3 Å². The van der Waals surface area contributed by atoms with Crippen LogP contribution >= 0.6 is 0 Å². The van der Waals surface area contributed by atoms with Crippen LogP contribution in [-0.2, 0) is 7.05 Å². The lowest BCUT2D eigenvalue weighted by molar-refractivity contribution is -0.385. The summed E-state index contributed by atoms with van der Waals surface area (Å²) < 4.78 is 1.56. The lowest BCUT2D eigenvalue weighted by atomic mass is 10.1. The molecule has 1 aromatic heterocycles. The third kappa shape index (κ3) is 2.99. The second-order valence-corrected chi connectivity index (χ2v) is 4.50. The largest absolute Gasteiger partial charge is 0.388 e. The van der Waals surface area contributed by atoms with Gasteiger partial charge in [-0.15, -0.1) is 0 Å². The zero-order chi connectivity index (χ0) is 15.6. The highest BCUT2D eigenvalue weighted by atomic mass is 16.6. The molecule has 0 saturated heterocycles. The van der Waals surface area contributed by atoms with Crippen molar-refractivity contribution in [2.75, 3.05) is 17.7 Å². The number of aryl methyl sites for hydroxylation is 2. The van der Waals surface area contributed by atoms with Gasteiger partial charge in [0.2, 0.25) is 0 Å². The number of nitrogens with one attached hydrogen (secondary N) is 2. The number of rotatable bonds is 4. The van der Waals surface area contributed by atoms with Crippen molar-refractivity contribution >= 4 is 23.0 Å². The lowest BCUT2D eigenvalue weighted by Gasteiger charge is -2.07. The molecule has 2 N–H and O–H groups in total. The van der Waals surface area contributed by atoms with Gasteiger partial charge in [-0.05, 0) is 19.1 Å². The minimum Gasteiger partial charge on any atom is -0.388 e. The number of hydrogen-bond donors (Lipinski definition) is 2. The van der Waals surface area contributed by atoms with Gasteiger partial charge in [0.05, 0.1) is 16.3 Å². The van der Waals surface area contributed by atoms with Gasteiger partial charge in [-0.3, -0.25) is 19.6 Å². The van der Waals surface area contributed by atoms with Crippen molar-refractivity contribution in [1.29, 1.82) is 0 Å². The number of benzene rings is 1. The van der Waals surface area contributed by atoms with Crippen LogP contribution in [0.3, 0.4) is 0 Å². The van der Waals surface area contributed by atoms with E-state index in [9.17, 15) is 14.9 Å². The molecule has 0 saturated carbocycles. The van der Waals surface area contributed by atoms with Gasteiger partial charge in [0.25, 0.3) is 11.6 Å². The first-order valence-electron chi connectivity index (χ1n) is 6.20. The van der Waals surface area contributed by atoms with Gasteiger partial charge < -0.3 is 10.6 Å². The Bertz CT molecular complexity index is 708. The molecule has 1 aromatic carbocycles. The maximum Gasteiger partial charge on any atom is 0.282 e. The number of nitro groups is 1. The molecule has 0 aliphatic heterocycles. The summed E-state index contributed by atoms with van der Waals surface area (Å²) in [4.78, 5) is 22.7. The standard InChI is InChI=1S/C13H15N5O3/c1-8-11(7-17(3)16-8)15-13(19)10-6-9(14-2)4-5-12(10)18(20)21/h4-7,14H,1-3H3,(H,15,19). The molecule has 0 aliphatic carbocycles. The first kappa shape index (κ1) is 14.5. The van der Waals surface area contributed by atoms with Crippen molar-refractivity contribution in [1.82, 2.24) is 9.78 Å². The van der Waals surface area contributed by atoms with Crippen LogP contribution in [0, 0.1) is 17.0 Å². The van der Waals surface area contributed by atoms with Gasteiger partial charge in [0.1, 0.15) is 5.56 Å². The van der Waals surface area contributed by atoms with E-state index in [1.807, 2.05) is 0 Å². The van der Waals surface area contributed by atoms with E-state index in [1.165, 1.54) is 12.1 Å². The van der Waals surface area contributed by atoms with Crippen molar-refractivity contribution in [3.63, 3.8) is 0 Å². The van der Waals surface area contributed by atoms with E-state index < -0.39 is 10.8 Å². The Hall–Kier alpha value is -2.90. The molecule has 1 heterocycles. The molecule has 8 heteroatoms. The molecule has 2 aromatic rings. The van der Waals surface area contributed by atoms with Gasteiger partial charge >= 0.3 is 0 Å². The Morgan fingerprint density at radius 2 is 2.14 bits per heavy atom. The molecule has 2 rings (SSSR count). The summed E-state index contributed by atoms with van der Waals surface area (Å²) in [6.07, 6.45) is 1.64. The van der Waals surface area contributed by atoms with Crippen molar-refractivity contribution in [3.8, 4) is 0 Å². The Balaban J connectivity index is 2.37. The number of carbonyl (C=O) groups is 1. The first-order chi connectivity index (χ1) is 9.92. The van der Waals surface area contributed by atoms with Crippen LogP contribution in [0.1, 0.15) is 16.1 Å². The Morgan fingerprint density at radius 3 is 2.67 bits per heavy atom. The summed E-state index contributed by atoms with van der Waals surface area (Å²) >= 11 is 0. The molecule has 0 radical (unpaired) electrons. The van der Waals surface area contributed by atoms with Crippen molar-refractivity contribution in [2.45, 2.75) is 6.92 Å². The van der Waals surface area contributed by atoms with E-state index in [2.05, 4.69) is 15.7 Å². The highest BCUT2D eigenvalue weighted by Crippen LogP contribution is 2.24. The molecule has 21 heavy (non-hydrogen) atoms. The summed E-state index contributed by atoms with van der Waals surface area (Å²) in [6.45, 7) is 1.74. The van der Waals surface area contributed by atoms with Crippen LogP contribution in [-0.4, -0.2) is 27.7 Å². The second kappa shape index (κ2) is 5.61. The number of nitrogens with zero attached hydrogens (tertiary/aromatic N) is 3. The molecular formula is C13H15N5O3. The fraction of sp³-hybridized carbons (Fsp3) is 0.231. The summed E-state index contributed by atoms with van der Waals surface area (Å²) in [7, 11) is 3.40. The zero-order valence-electron chi connectivity index (χ0n) is 11.9. The van der Waals surface area contributed by atoms with E-state index in [0.717, 1.165) is 0 Å². The number of aromatic nitrogens is 2. The number of hydrogen-bond acceptors (Lipinski definition) is 5.